The summed E-state index contributed by atoms with van der Waals surface area (Å²) < 4.78 is 56.8. The smallest absolute Gasteiger partial charge is 0.260 e. The zero-order valence-electron chi connectivity index (χ0n) is 12.9. The van der Waals surface area contributed by atoms with E-state index in [2.05, 4.69) is 9.13 Å². The van der Waals surface area contributed by atoms with Crippen LogP contribution < -0.4 is 5.14 Å². The molecule has 2 N–H and O–H groups in total. The lowest BCUT2D eigenvalue weighted by atomic mass is 10.2. The van der Waals surface area contributed by atoms with Crippen LogP contribution in [-0.4, -0.2) is 22.2 Å². The number of alkyl halides is 2. The summed E-state index contributed by atoms with van der Waals surface area (Å²) in [7, 11) is -6.14. The Kier molecular flexibility index (Phi) is 4.41. The molecule has 5 nitrogen and oxygen atoms in total. The van der Waals surface area contributed by atoms with Gasteiger partial charge in [-0.3, -0.25) is 4.03 Å². The molecular weight excluding hydrogens is 321 g/mol. The van der Waals surface area contributed by atoms with Crippen molar-refractivity contribution >= 4 is 18.2 Å². The van der Waals surface area contributed by atoms with Crippen LogP contribution in [0, 0.1) is 5.82 Å². The fourth-order valence-corrected chi connectivity index (χ4v) is 5.95. The monoisotopic (exact) mass is 342 g/mol. The molecule has 0 amide bonds. The van der Waals surface area contributed by atoms with Gasteiger partial charge in [0, 0.05) is 6.92 Å². The Morgan fingerprint density at radius 3 is 2.14 bits per heavy atom. The summed E-state index contributed by atoms with van der Waals surface area (Å²) in [5, 5.41) is 7.95. The molecule has 1 rings (SSSR count). The molecule has 21 heavy (non-hydrogen) atoms. The van der Waals surface area contributed by atoms with E-state index in [1.165, 1.54) is 0 Å². The number of aromatic nitrogens is 2. The topological polar surface area (TPSA) is 73.3 Å². The summed E-state index contributed by atoms with van der Waals surface area (Å²) in [6.07, 6.45) is 0.475. The number of nitrogens with two attached hydrogens (primary N) is 1. The fraction of sp³-hybridized carbons (Fsp3) is 0.727. The maximum absolute atomic E-state index is 13.8. The van der Waals surface area contributed by atoms with Gasteiger partial charge in [0.05, 0.1) is 6.20 Å². The molecule has 0 radical (unpaired) electrons. The van der Waals surface area contributed by atoms with E-state index in [1.54, 1.807) is 0 Å². The van der Waals surface area contributed by atoms with E-state index in [1.807, 2.05) is 33.9 Å². The summed E-state index contributed by atoms with van der Waals surface area (Å²) in [5.74, 6) is -1.15. The molecule has 0 aliphatic rings. The molecule has 1 heterocycles. The van der Waals surface area contributed by atoms with E-state index < -0.39 is 35.0 Å². The highest BCUT2D eigenvalue weighted by Gasteiger charge is 2.38. The van der Waals surface area contributed by atoms with Gasteiger partial charge in [0.25, 0.3) is 0 Å². The van der Waals surface area contributed by atoms with Gasteiger partial charge >= 0.3 is 6.05 Å². The zero-order valence-corrected chi connectivity index (χ0v) is 14.8. The molecule has 0 fully saturated rings. The average molecular weight is 342 g/mol. The Hall–Kier alpha value is -0.873. The molecule has 0 saturated heterocycles. The van der Waals surface area contributed by atoms with Gasteiger partial charge in [-0.15, -0.1) is 0 Å². The molecule has 0 bridgehead atoms. The predicted octanol–water partition coefficient (Wildman–Crippen LogP) is 3.30. The lowest BCUT2D eigenvalue weighted by molar-refractivity contribution is -0.0733. The number of rotatable bonds is 3. The van der Waals surface area contributed by atoms with E-state index in [0.29, 0.717) is 13.1 Å². The second-order valence-electron chi connectivity index (χ2n) is 6.54. The number of halogens is 3. The first-order valence-electron chi connectivity index (χ1n) is 6.27. The lowest BCUT2D eigenvalue weighted by Gasteiger charge is -2.32. The van der Waals surface area contributed by atoms with E-state index in [0.717, 1.165) is 0 Å². The van der Waals surface area contributed by atoms with Crippen molar-refractivity contribution < 1.29 is 17.4 Å². The van der Waals surface area contributed by atoms with Crippen LogP contribution in [0.2, 0.25) is 18.1 Å². The number of nitrogens with zero attached hydrogens (tertiary/aromatic N) is 3. The SMILES string of the molecule is CC(F)(F)n1cc(F)c(S(N)(=O)=N[Si](C)(C)C(C)(C)C)n1. The molecule has 10 heteroatoms. The largest absolute Gasteiger partial charge is 0.340 e. The number of hydrogen-bond donors (Lipinski definition) is 1. The normalized spacial score (nSPS) is 16.7. The Labute approximate surface area is 124 Å². The van der Waals surface area contributed by atoms with Crippen LogP contribution in [0.5, 0.6) is 0 Å². The zero-order chi connectivity index (χ0) is 16.9. The summed E-state index contributed by atoms with van der Waals surface area (Å²) in [4.78, 5) is 0. The number of hydrogen-bond acceptors (Lipinski definition) is 3. The Balaban J connectivity index is 3.46. The average Bonchev–Trinajstić information content (AvgIpc) is 2.56. The maximum atomic E-state index is 13.8. The van der Waals surface area contributed by atoms with E-state index in [9.17, 15) is 17.4 Å². The quantitative estimate of drug-likeness (QED) is 0.856. The van der Waals surface area contributed by atoms with Crippen molar-refractivity contribution in [3.63, 3.8) is 0 Å². The van der Waals surface area contributed by atoms with Crippen LogP contribution in [0.3, 0.4) is 0 Å². The van der Waals surface area contributed by atoms with Crippen molar-refractivity contribution in [3.05, 3.63) is 12.0 Å². The second-order valence-corrected chi connectivity index (χ2v) is 13.4. The lowest BCUT2D eigenvalue weighted by Crippen LogP contribution is -2.38. The highest BCUT2D eigenvalue weighted by molar-refractivity contribution is 7.92. The third-order valence-corrected chi connectivity index (χ3v) is 10.9. The Bertz CT molecular complexity index is 651. The van der Waals surface area contributed by atoms with Crippen molar-refractivity contribution in [1.29, 1.82) is 0 Å². The van der Waals surface area contributed by atoms with Gasteiger partial charge in [-0.1, -0.05) is 20.8 Å². The summed E-state index contributed by atoms with van der Waals surface area (Å²) in [5.41, 5.74) is 0. The van der Waals surface area contributed by atoms with E-state index >= 15 is 0 Å². The second kappa shape index (κ2) is 5.09. The maximum Gasteiger partial charge on any atom is 0.340 e. The Morgan fingerprint density at radius 2 is 1.81 bits per heavy atom. The first-order valence-corrected chi connectivity index (χ1v) is 10.8. The standard InChI is InChI=1S/C11H21F3N4OSSi/c1-10(2,3)21(5,6)17-20(15,19)9-8(12)7-18(16-9)11(4,13)14/h7H,1-6H3,(H2,15,17,19). The van der Waals surface area contributed by atoms with Crippen molar-refractivity contribution in [2.45, 2.75) is 56.9 Å². The van der Waals surface area contributed by atoms with Crippen molar-refractivity contribution in [3.8, 4) is 0 Å². The molecule has 1 atom stereocenters. The van der Waals surface area contributed by atoms with Gasteiger partial charge in [-0.2, -0.15) is 13.9 Å². The molecule has 122 valence electrons. The Morgan fingerprint density at radius 1 is 1.33 bits per heavy atom. The first kappa shape index (κ1) is 18.2. The molecule has 0 aliphatic carbocycles. The van der Waals surface area contributed by atoms with E-state index in [4.69, 9.17) is 5.14 Å². The van der Waals surface area contributed by atoms with Gasteiger partial charge in [0.2, 0.25) is 5.03 Å². The third-order valence-electron chi connectivity index (χ3n) is 3.52. The molecule has 1 unspecified atom stereocenters. The van der Waals surface area contributed by atoms with Crippen LogP contribution in [0.25, 0.3) is 0 Å². The van der Waals surface area contributed by atoms with Gasteiger partial charge < -0.3 is 0 Å². The van der Waals surface area contributed by atoms with Crippen molar-refractivity contribution in [1.82, 2.24) is 9.78 Å². The minimum Gasteiger partial charge on any atom is -0.260 e. The van der Waals surface area contributed by atoms with Crippen LogP contribution in [0.4, 0.5) is 13.2 Å². The van der Waals surface area contributed by atoms with E-state index in [-0.39, 0.29) is 9.72 Å². The van der Waals surface area contributed by atoms with Crippen LogP contribution in [0.15, 0.2) is 15.3 Å². The van der Waals surface area contributed by atoms with Crippen molar-refractivity contribution in [2.24, 2.45) is 9.17 Å². The predicted molar refractivity (Wildman–Crippen MR) is 78.3 cm³/mol. The molecule has 0 spiro atoms. The highest BCUT2D eigenvalue weighted by atomic mass is 32.2. The van der Waals surface area contributed by atoms with Gasteiger partial charge in [-0.05, 0) is 18.1 Å². The first-order chi connectivity index (χ1) is 9.08. The van der Waals surface area contributed by atoms with Crippen LogP contribution >= 0.6 is 0 Å². The minimum absolute atomic E-state index is 0.103. The summed E-state index contributed by atoms with van der Waals surface area (Å²) >= 11 is 0. The summed E-state index contributed by atoms with van der Waals surface area (Å²) in [6.45, 7) is 9.92. The van der Waals surface area contributed by atoms with Crippen LogP contribution in [0.1, 0.15) is 27.7 Å². The third kappa shape index (κ3) is 3.86. The van der Waals surface area contributed by atoms with Gasteiger partial charge in [0.1, 0.15) is 9.92 Å². The summed E-state index contributed by atoms with van der Waals surface area (Å²) in [6, 6.07) is -3.41. The fourth-order valence-electron chi connectivity index (χ4n) is 1.26. The van der Waals surface area contributed by atoms with Crippen molar-refractivity contribution in [2.75, 3.05) is 0 Å². The molecular formula is C11H21F3N4OSSi. The molecule has 0 saturated carbocycles. The molecule has 0 aromatic carbocycles. The van der Waals surface area contributed by atoms with Gasteiger partial charge in [0.15, 0.2) is 14.1 Å². The molecule has 1 aromatic rings. The minimum atomic E-state index is -3.67. The van der Waals surface area contributed by atoms with Gasteiger partial charge in [-0.25, -0.2) is 18.4 Å². The van der Waals surface area contributed by atoms with Crippen LogP contribution in [-0.2, 0) is 16.0 Å². The molecule has 0 aliphatic heterocycles. The highest BCUT2D eigenvalue weighted by Crippen LogP contribution is 2.37. The molecule has 1 aromatic heterocycles.